The predicted molar refractivity (Wildman–Crippen MR) is 109 cm³/mol. The van der Waals surface area contributed by atoms with Gasteiger partial charge in [0.2, 0.25) is 5.91 Å². The van der Waals surface area contributed by atoms with Crippen LogP contribution in [0.5, 0.6) is 0 Å². The van der Waals surface area contributed by atoms with Crippen molar-refractivity contribution in [2.24, 2.45) is 0 Å². The van der Waals surface area contributed by atoms with Gasteiger partial charge in [-0.25, -0.2) is 4.39 Å². The van der Waals surface area contributed by atoms with E-state index < -0.39 is 0 Å². The summed E-state index contributed by atoms with van der Waals surface area (Å²) in [7, 11) is 0. The predicted octanol–water partition coefficient (Wildman–Crippen LogP) is 3.76. The highest BCUT2D eigenvalue weighted by molar-refractivity contribution is 5.91. The van der Waals surface area contributed by atoms with Crippen LogP contribution in [0.1, 0.15) is 30.5 Å². The molecule has 2 atom stereocenters. The molecule has 4 nitrogen and oxygen atoms in total. The van der Waals surface area contributed by atoms with Gasteiger partial charge in [0.15, 0.2) is 0 Å². The first-order valence-electron chi connectivity index (χ1n) is 9.65. The van der Waals surface area contributed by atoms with E-state index in [4.69, 9.17) is 4.74 Å². The van der Waals surface area contributed by atoms with Crippen LogP contribution in [-0.4, -0.2) is 36.1 Å². The van der Waals surface area contributed by atoms with Gasteiger partial charge in [-0.05, 0) is 37.1 Å². The van der Waals surface area contributed by atoms with Crippen molar-refractivity contribution in [2.75, 3.05) is 13.1 Å². The van der Waals surface area contributed by atoms with E-state index >= 15 is 0 Å². The summed E-state index contributed by atoms with van der Waals surface area (Å²) in [5, 5.41) is 2.83. The summed E-state index contributed by atoms with van der Waals surface area (Å²) in [6, 6.07) is 14.6. The fourth-order valence-corrected chi connectivity index (χ4v) is 3.46. The summed E-state index contributed by atoms with van der Waals surface area (Å²) in [4.78, 5) is 14.4. The number of halogens is 1. The Morgan fingerprint density at radius 1 is 1.11 bits per heavy atom. The number of morpholine rings is 1. The van der Waals surface area contributed by atoms with Crippen LogP contribution >= 0.6 is 0 Å². The van der Waals surface area contributed by atoms with Crippen molar-refractivity contribution >= 4 is 12.0 Å². The van der Waals surface area contributed by atoms with Gasteiger partial charge in [0.1, 0.15) is 5.82 Å². The van der Waals surface area contributed by atoms with Gasteiger partial charge in [-0.15, -0.1) is 0 Å². The Kier molecular flexibility index (Phi) is 6.95. The first-order valence-corrected chi connectivity index (χ1v) is 9.65. The highest BCUT2D eigenvalue weighted by Gasteiger charge is 2.21. The molecular weight excluding hydrogens is 355 g/mol. The minimum Gasteiger partial charge on any atom is -0.373 e. The van der Waals surface area contributed by atoms with Crippen molar-refractivity contribution in [2.45, 2.75) is 39.1 Å². The fourth-order valence-electron chi connectivity index (χ4n) is 3.46. The third kappa shape index (κ3) is 6.01. The number of hydrogen-bond donors (Lipinski definition) is 1. The van der Waals surface area contributed by atoms with Crippen molar-refractivity contribution < 1.29 is 13.9 Å². The molecule has 1 N–H and O–H groups in total. The van der Waals surface area contributed by atoms with Crippen molar-refractivity contribution in [3.05, 3.63) is 77.1 Å². The molecule has 1 aliphatic heterocycles. The quantitative estimate of drug-likeness (QED) is 0.774. The van der Waals surface area contributed by atoms with E-state index in [2.05, 4.69) is 36.2 Å². The lowest BCUT2D eigenvalue weighted by atomic mass is 10.1. The molecule has 1 saturated heterocycles. The first kappa shape index (κ1) is 20.2. The summed E-state index contributed by atoms with van der Waals surface area (Å²) < 4.78 is 19.3. The SMILES string of the molecule is CC1CN(Cc2ccc(CNC(=O)/C=C/c3ccccc3F)cc2)CC(C)O1. The lowest BCUT2D eigenvalue weighted by molar-refractivity contribution is -0.116. The van der Waals surface area contributed by atoms with E-state index in [-0.39, 0.29) is 23.9 Å². The summed E-state index contributed by atoms with van der Waals surface area (Å²) in [5.41, 5.74) is 2.67. The summed E-state index contributed by atoms with van der Waals surface area (Å²) >= 11 is 0. The zero-order valence-corrected chi connectivity index (χ0v) is 16.4. The topological polar surface area (TPSA) is 41.6 Å². The summed E-state index contributed by atoms with van der Waals surface area (Å²) in [5.74, 6) is -0.588. The Morgan fingerprint density at radius 2 is 1.75 bits per heavy atom. The number of rotatable bonds is 6. The van der Waals surface area contributed by atoms with Gasteiger partial charge in [0.05, 0.1) is 12.2 Å². The number of carbonyl (C=O) groups is 1. The van der Waals surface area contributed by atoms with Crippen LogP contribution in [0.15, 0.2) is 54.6 Å². The molecule has 0 radical (unpaired) electrons. The third-order valence-corrected chi connectivity index (χ3v) is 4.71. The maximum absolute atomic E-state index is 13.5. The Bertz CT molecular complexity index is 810. The number of ether oxygens (including phenoxy) is 1. The van der Waals surface area contributed by atoms with Crippen molar-refractivity contribution in [3.63, 3.8) is 0 Å². The molecule has 2 unspecified atom stereocenters. The molecule has 5 heteroatoms. The van der Waals surface area contributed by atoms with Gasteiger partial charge < -0.3 is 10.1 Å². The molecule has 0 saturated carbocycles. The van der Waals surface area contributed by atoms with E-state index in [0.717, 1.165) is 25.2 Å². The highest BCUT2D eigenvalue weighted by atomic mass is 19.1. The molecule has 0 bridgehead atoms. The van der Waals surface area contributed by atoms with Crippen LogP contribution in [0.3, 0.4) is 0 Å². The summed E-state index contributed by atoms with van der Waals surface area (Å²) in [6.45, 7) is 7.43. The van der Waals surface area contributed by atoms with Gasteiger partial charge in [-0.1, -0.05) is 42.5 Å². The second kappa shape index (κ2) is 9.62. The number of amides is 1. The van der Waals surface area contributed by atoms with Gasteiger partial charge in [0, 0.05) is 37.8 Å². The largest absolute Gasteiger partial charge is 0.373 e. The van der Waals surface area contributed by atoms with Gasteiger partial charge in [-0.2, -0.15) is 0 Å². The van der Waals surface area contributed by atoms with Crippen molar-refractivity contribution in [1.82, 2.24) is 10.2 Å². The molecule has 3 rings (SSSR count). The zero-order valence-electron chi connectivity index (χ0n) is 16.4. The zero-order chi connectivity index (χ0) is 19.9. The molecule has 0 aliphatic carbocycles. The smallest absolute Gasteiger partial charge is 0.244 e. The lowest BCUT2D eigenvalue weighted by Gasteiger charge is -2.35. The average Bonchev–Trinajstić information content (AvgIpc) is 2.66. The minimum atomic E-state index is -0.341. The third-order valence-electron chi connectivity index (χ3n) is 4.71. The maximum atomic E-state index is 13.5. The molecule has 148 valence electrons. The number of nitrogens with one attached hydrogen (secondary N) is 1. The average molecular weight is 382 g/mol. The first-order chi connectivity index (χ1) is 13.5. The van der Waals surface area contributed by atoms with Crippen LogP contribution in [0.4, 0.5) is 4.39 Å². The molecule has 1 amide bonds. The number of benzene rings is 2. The normalized spacial score (nSPS) is 20.4. The van der Waals surface area contributed by atoms with Gasteiger partial charge in [-0.3, -0.25) is 9.69 Å². The highest BCUT2D eigenvalue weighted by Crippen LogP contribution is 2.15. The fraction of sp³-hybridized carbons (Fsp3) is 0.348. The van der Waals surface area contributed by atoms with Crippen molar-refractivity contribution in [1.29, 1.82) is 0 Å². The van der Waals surface area contributed by atoms with Gasteiger partial charge >= 0.3 is 0 Å². The minimum absolute atomic E-state index is 0.247. The second-order valence-electron chi connectivity index (χ2n) is 7.34. The number of hydrogen-bond acceptors (Lipinski definition) is 3. The molecule has 1 heterocycles. The molecule has 0 aromatic heterocycles. The molecule has 2 aromatic carbocycles. The molecule has 1 fully saturated rings. The van der Waals surface area contributed by atoms with Crippen molar-refractivity contribution in [3.8, 4) is 0 Å². The second-order valence-corrected chi connectivity index (χ2v) is 7.34. The molecule has 28 heavy (non-hydrogen) atoms. The number of nitrogens with zero attached hydrogens (tertiary/aromatic N) is 1. The van der Waals surface area contributed by atoms with Crippen LogP contribution in [0, 0.1) is 5.82 Å². The Labute approximate surface area is 166 Å². The van der Waals surface area contributed by atoms with Crippen LogP contribution < -0.4 is 5.32 Å². The van der Waals surface area contributed by atoms with Crippen LogP contribution in [-0.2, 0) is 22.6 Å². The Balaban J connectivity index is 1.47. The molecule has 0 spiro atoms. The monoisotopic (exact) mass is 382 g/mol. The van der Waals surface area contributed by atoms with Crippen LogP contribution in [0.25, 0.3) is 6.08 Å². The summed E-state index contributed by atoms with van der Waals surface area (Å²) in [6.07, 6.45) is 3.36. The molecule has 1 aliphatic rings. The van der Waals surface area contributed by atoms with Crippen LogP contribution in [0.2, 0.25) is 0 Å². The van der Waals surface area contributed by atoms with E-state index in [9.17, 15) is 9.18 Å². The lowest BCUT2D eigenvalue weighted by Crippen LogP contribution is -2.44. The van der Waals surface area contributed by atoms with E-state index in [1.807, 2.05) is 12.1 Å². The van der Waals surface area contributed by atoms with E-state index in [0.29, 0.717) is 12.1 Å². The standard InChI is InChI=1S/C23H27FN2O2/c1-17-14-26(15-18(2)28-17)16-20-9-7-19(8-10-20)13-25-23(27)12-11-21-5-3-4-6-22(21)24/h3-12,17-18H,13-16H2,1-2H3,(H,25,27)/b12-11+. The maximum Gasteiger partial charge on any atom is 0.244 e. The Hall–Kier alpha value is -2.50. The molecule has 2 aromatic rings. The van der Waals surface area contributed by atoms with Gasteiger partial charge in [0.25, 0.3) is 0 Å². The molecular formula is C23H27FN2O2. The van der Waals surface area contributed by atoms with E-state index in [1.165, 1.54) is 23.8 Å². The Morgan fingerprint density at radius 3 is 2.43 bits per heavy atom. The number of carbonyl (C=O) groups excluding carboxylic acids is 1. The van der Waals surface area contributed by atoms with E-state index in [1.54, 1.807) is 18.2 Å².